The molecular formula is C18H30N2O. The second-order valence-electron chi connectivity index (χ2n) is 5.92. The SMILES string of the molecule is CCNC(CN1CCCCC1C)c1ccccc1OCC. The van der Waals surface area contributed by atoms with E-state index in [1.54, 1.807) is 0 Å². The number of nitrogens with one attached hydrogen (secondary N) is 1. The van der Waals surface area contributed by atoms with Crippen molar-refractivity contribution >= 4 is 0 Å². The van der Waals surface area contributed by atoms with E-state index in [9.17, 15) is 0 Å². The van der Waals surface area contributed by atoms with Gasteiger partial charge in [-0.1, -0.05) is 31.5 Å². The summed E-state index contributed by atoms with van der Waals surface area (Å²) >= 11 is 0. The maximum atomic E-state index is 5.82. The third-order valence-corrected chi connectivity index (χ3v) is 4.40. The molecule has 1 aromatic rings. The van der Waals surface area contributed by atoms with E-state index in [1.807, 2.05) is 6.92 Å². The number of piperidine rings is 1. The zero-order valence-electron chi connectivity index (χ0n) is 13.8. The Morgan fingerprint density at radius 1 is 1.29 bits per heavy atom. The Bertz CT molecular complexity index is 421. The molecule has 0 bridgehead atoms. The summed E-state index contributed by atoms with van der Waals surface area (Å²) in [5.74, 6) is 1.02. The van der Waals surface area contributed by atoms with E-state index in [1.165, 1.54) is 31.4 Å². The van der Waals surface area contributed by atoms with Gasteiger partial charge in [0, 0.05) is 24.2 Å². The Labute approximate surface area is 129 Å². The molecule has 0 amide bonds. The van der Waals surface area contributed by atoms with Crippen LogP contribution in [0.5, 0.6) is 5.75 Å². The van der Waals surface area contributed by atoms with Crippen molar-refractivity contribution in [3.63, 3.8) is 0 Å². The number of para-hydroxylation sites is 1. The topological polar surface area (TPSA) is 24.5 Å². The molecule has 2 atom stereocenters. The molecule has 1 aliphatic rings. The second kappa shape index (κ2) is 8.40. The molecule has 0 radical (unpaired) electrons. The molecule has 2 rings (SSSR count). The van der Waals surface area contributed by atoms with E-state index in [0.29, 0.717) is 12.1 Å². The minimum atomic E-state index is 0.346. The van der Waals surface area contributed by atoms with E-state index in [2.05, 4.69) is 48.3 Å². The van der Waals surface area contributed by atoms with E-state index < -0.39 is 0 Å². The van der Waals surface area contributed by atoms with Crippen molar-refractivity contribution in [1.82, 2.24) is 10.2 Å². The summed E-state index contributed by atoms with van der Waals surface area (Å²) < 4.78 is 5.82. The average molecular weight is 290 g/mol. The van der Waals surface area contributed by atoms with Gasteiger partial charge in [0.2, 0.25) is 0 Å². The fourth-order valence-electron chi connectivity index (χ4n) is 3.24. The zero-order chi connectivity index (χ0) is 15.1. The van der Waals surface area contributed by atoms with E-state index >= 15 is 0 Å². The van der Waals surface area contributed by atoms with Crippen LogP contribution in [0.4, 0.5) is 0 Å². The van der Waals surface area contributed by atoms with Crippen LogP contribution in [0.1, 0.15) is 51.6 Å². The first-order chi connectivity index (χ1) is 10.3. The smallest absolute Gasteiger partial charge is 0.124 e. The number of hydrogen-bond donors (Lipinski definition) is 1. The number of ether oxygens (including phenoxy) is 1. The lowest BCUT2D eigenvalue weighted by Gasteiger charge is -2.36. The molecule has 0 aliphatic carbocycles. The van der Waals surface area contributed by atoms with Crippen LogP contribution in [-0.2, 0) is 0 Å². The second-order valence-corrected chi connectivity index (χ2v) is 5.92. The lowest BCUT2D eigenvalue weighted by Crippen LogP contribution is -2.43. The third-order valence-electron chi connectivity index (χ3n) is 4.40. The van der Waals surface area contributed by atoms with Gasteiger partial charge in [0.25, 0.3) is 0 Å². The number of likely N-dealkylation sites (tertiary alicyclic amines) is 1. The van der Waals surface area contributed by atoms with Gasteiger partial charge >= 0.3 is 0 Å². The summed E-state index contributed by atoms with van der Waals surface area (Å²) in [6.45, 7) is 10.6. The highest BCUT2D eigenvalue weighted by atomic mass is 16.5. The number of hydrogen-bond acceptors (Lipinski definition) is 3. The Morgan fingerprint density at radius 2 is 2.10 bits per heavy atom. The molecule has 1 saturated heterocycles. The predicted octanol–water partition coefficient (Wildman–Crippen LogP) is 3.61. The molecule has 1 aliphatic heterocycles. The minimum Gasteiger partial charge on any atom is -0.494 e. The fourth-order valence-corrected chi connectivity index (χ4v) is 3.24. The standard InChI is InChI=1S/C18H30N2O/c1-4-19-17(14-20-13-9-8-10-15(20)3)16-11-6-7-12-18(16)21-5-2/h6-7,11-12,15,17,19H,4-5,8-10,13-14H2,1-3H3. The van der Waals surface area contributed by atoms with Gasteiger partial charge in [0.15, 0.2) is 0 Å². The predicted molar refractivity (Wildman–Crippen MR) is 88.9 cm³/mol. The van der Waals surface area contributed by atoms with E-state index in [-0.39, 0.29) is 0 Å². The van der Waals surface area contributed by atoms with Crippen LogP contribution in [0.25, 0.3) is 0 Å². The summed E-state index contributed by atoms with van der Waals surface area (Å²) in [6.07, 6.45) is 4.03. The zero-order valence-corrected chi connectivity index (χ0v) is 13.8. The van der Waals surface area contributed by atoms with Crippen molar-refractivity contribution < 1.29 is 4.74 Å². The van der Waals surface area contributed by atoms with Gasteiger partial charge in [-0.15, -0.1) is 0 Å². The average Bonchev–Trinajstić information content (AvgIpc) is 2.50. The van der Waals surface area contributed by atoms with Gasteiger partial charge in [-0.3, -0.25) is 4.90 Å². The summed E-state index contributed by atoms with van der Waals surface area (Å²) in [5.41, 5.74) is 1.29. The van der Waals surface area contributed by atoms with Crippen molar-refractivity contribution in [3.8, 4) is 5.75 Å². The molecule has 0 spiro atoms. The van der Waals surface area contributed by atoms with Gasteiger partial charge in [-0.2, -0.15) is 0 Å². The summed E-state index contributed by atoms with van der Waals surface area (Å²) in [4.78, 5) is 2.62. The number of benzene rings is 1. The van der Waals surface area contributed by atoms with Crippen LogP contribution in [0.15, 0.2) is 24.3 Å². The van der Waals surface area contributed by atoms with Crippen LogP contribution in [-0.4, -0.2) is 37.2 Å². The fraction of sp³-hybridized carbons (Fsp3) is 0.667. The maximum absolute atomic E-state index is 5.82. The van der Waals surface area contributed by atoms with Crippen molar-refractivity contribution in [2.45, 2.75) is 52.1 Å². The first-order valence-corrected chi connectivity index (χ1v) is 8.45. The summed E-state index contributed by atoms with van der Waals surface area (Å²) in [6, 6.07) is 9.50. The monoisotopic (exact) mass is 290 g/mol. The van der Waals surface area contributed by atoms with Crippen molar-refractivity contribution in [2.75, 3.05) is 26.2 Å². The highest BCUT2D eigenvalue weighted by Crippen LogP contribution is 2.28. The Kier molecular flexibility index (Phi) is 6.52. The number of nitrogens with zero attached hydrogens (tertiary/aromatic N) is 1. The van der Waals surface area contributed by atoms with E-state index in [4.69, 9.17) is 4.74 Å². The highest BCUT2D eigenvalue weighted by Gasteiger charge is 2.23. The molecule has 1 heterocycles. The molecule has 3 heteroatoms. The number of rotatable bonds is 7. The summed E-state index contributed by atoms with van der Waals surface area (Å²) in [5, 5.41) is 3.64. The molecule has 1 fully saturated rings. The molecule has 0 saturated carbocycles. The van der Waals surface area contributed by atoms with Crippen molar-refractivity contribution in [1.29, 1.82) is 0 Å². The van der Waals surface area contributed by atoms with Gasteiger partial charge in [-0.05, 0) is 45.8 Å². The van der Waals surface area contributed by atoms with Crippen molar-refractivity contribution in [2.24, 2.45) is 0 Å². The van der Waals surface area contributed by atoms with Gasteiger partial charge < -0.3 is 10.1 Å². The molecular weight excluding hydrogens is 260 g/mol. The van der Waals surface area contributed by atoms with Gasteiger partial charge in [0.05, 0.1) is 6.61 Å². The Morgan fingerprint density at radius 3 is 2.81 bits per heavy atom. The molecule has 0 aromatic heterocycles. The third kappa shape index (κ3) is 4.45. The molecule has 2 unspecified atom stereocenters. The van der Waals surface area contributed by atoms with Crippen LogP contribution in [0, 0.1) is 0 Å². The molecule has 21 heavy (non-hydrogen) atoms. The quantitative estimate of drug-likeness (QED) is 0.830. The summed E-state index contributed by atoms with van der Waals surface area (Å²) in [7, 11) is 0. The first kappa shape index (κ1) is 16.3. The largest absolute Gasteiger partial charge is 0.494 e. The van der Waals surface area contributed by atoms with Crippen LogP contribution >= 0.6 is 0 Å². The van der Waals surface area contributed by atoms with Crippen LogP contribution < -0.4 is 10.1 Å². The Balaban J connectivity index is 2.14. The minimum absolute atomic E-state index is 0.346. The maximum Gasteiger partial charge on any atom is 0.124 e. The first-order valence-electron chi connectivity index (χ1n) is 8.45. The molecule has 1 aromatic carbocycles. The van der Waals surface area contributed by atoms with Crippen molar-refractivity contribution in [3.05, 3.63) is 29.8 Å². The lowest BCUT2D eigenvalue weighted by atomic mass is 10.00. The van der Waals surface area contributed by atoms with Crippen LogP contribution in [0.2, 0.25) is 0 Å². The molecule has 3 nitrogen and oxygen atoms in total. The van der Waals surface area contributed by atoms with E-state index in [0.717, 1.165) is 25.4 Å². The highest BCUT2D eigenvalue weighted by molar-refractivity contribution is 5.36. The van der Waals surface area contributed by atoms with Gasteiger partial charge in [0.1, 0.15) is 5.75 Å². The Hall–Kier alpha value is -1.06. The lowest BCUT2D eigenvalue weighted by molar-refractivity contribution is 0.144. The van der Waals surface area contributed by atoms with Crippen LogP contribution in [0.3, 0.4) is 0 Å². The normalized spacial score (nSPS) is 21.2. The van der Waals surface area contributed by atoms with Gasteiger partial charge in [-0.25, -0.2) is 0 Å². The molecule has 1 N–H and O–H groups in total. The molecule has 118 valence electrons. The number of likely N-dealkylation sites (N-methyl/N-ethyl adjacent to an activating group) is 1.